The van der Waals surface area contributed by atoms with Gasteiger partial charge in [-0.1, -0.05) is 109 Å². The molecule has 4 aromatic rings. The fourth-order valence-electron chi connectivity index (χ4n) is 8.34. The number of methoxy groups -OCH3 is 1. The van der Waals surface area contributed by atoms with Crippen LogP contribution in [0.1, 0.15) is 114 Å². The van der Waals surface area contributed by atoms with Crippen LogP contribution in [0, 0.1) is 26.1 Å². The fraction of sp³-hybridized carbons (Fsp3) is 0.442. The van der Waals surface area contributed by atoms with Gasteiger partial charge in [-0.25, -0.2) is 4.79 Å². The van der Waals surface area contributed by atoms with Gasteiger partial charge in [0.1, 0.15) is 17.8 Å². The number of carbonyl (C=O) groups is 5. The maximum absolute atomic E-state index is 14.9. The number of hydrogen-bond acceptors (Lipinski definition) is 13. The third kappa shape index (κ3) is 17.4. The number of nitro benzene ring substituents is 2. The molecular formula is C52H66ClN7O13. The van der Waals surface area contributed by atoms with E-state index in [1.54, 1.807) is 30.3 Å². The highest BCUT2D eigenvalue weighted by Gasteiger charge is 2.38. The Morgan fingerprint density at radius 2 is 1.51 bits per heavy atom. The molecule has 7 N–H and O–H groups in total. The molecule has 0 saturated carbocycles. The number of fused-ring (bicyclic) bond motifs is 9. The van der Waals surface area contributed by atoms with Crippen molar-refractivity contribution in [1.82, 2.24) is 21.3 Å². The Morgan fingerprint density at radius 3 is 2.11 bits per heavy atom. The van der Waals surface area contributed by atoms with Crippen molar-refractivity contribution in [2.45, 2.75) is 134 Å². The number of non-ortho nitro benzene ring substituents is 1. The van der Waals surface area contributed by atoms with E-state index < -0.39 is 75.3 Å². The van der Waals surface area contributed by atoms with Crippen LogP contribution in [0.15, 0.2) is 84.9 Å². The average Bonchev–Trinajstić information content (AvgIpc) is 3.34. The van der Waals surface area contributed by atoms with E-state index in [1.165, 1.54) is 68.5 Å². The molecule has 0 aliphatic carbocycles. The monoisotopic (exact) mass is 1030 g/mol. The van der Waals surface area contributed by atoms with E-state index in [9.17, 15) is 49.3 Å². The number of hydrogen-bond donors (Lipinski definition) is 6. The minimum absolute atomic E-state index is 0. The van der Waals surface area contributed by atoms with E-state index in [0.717, 1.165) is 44.6 Å². The number of carboxylic acid groups (broad SMARTS) is 1. The Kier molecular flexibility index (Phi) is 22.9. The van der Waals surface area contributed by atoms with Crippen molar-refractivity contribution >= 4 is 53.4 Å². The van der Waals surface area contributed by atoms with Gasteiger partial charge in [-0.05, 0) is 65.8 Å². The van der Waals surface area contributed by atoms with E-state index in [2.05, 4.69) is 28.2 Å². The number of carboxylic acids is 1. The van der Waals surface area contributed by atoms with Crippen molar-refractivity contribution in [2.24, 2.45) is 11.7 Å². The van der Waals surface area contributed by atoms with E-state index in [-0.39, 0.29) is 89.6 Å². The lowest BCUT2D eigenvalue weighted by atomic mass is 9.96. The van der Waals surface area contributed by atoms with Crippen LogP contribution < -0.4 is 41.2 Å². The maximum Gasteiger partial charge on any atom is 0.328 e. The van der Waals surface area contributed by atoms with Gasteiger partial charge in [0.15, 0.2) is 17.5 Å². The lowest BCUT2D eigenvalue weighted by molar-refractivity contribution is -0.385. The van der Waals surface area contributed by atoms with Crippen LogP contribution in [0.5, 0.6) is 28.7 Å². The number of aliphatic carboxylic acids is 1. The van der Waals surface area contributed by atoms with Crippen LogP contribution in [0.25, 0.3) is 0 Å². The average molecular weight is 1030 g/mol. The van der Waals surface area contributed by atoms with Crippen LogP contribution in [-0.4, -0.2) is 75.8 Å². The first-order valence-electron chi connectivity index (χ1n) is 24.3. The van der Waals surface area contributed by atoms with E-state index in [4.69, 9.17) is 19.9 Å². The predicted molar refractivity (Wildman–Crippen MR) is 274 cm³/mol. The smallest absolute Gasteiger partial charge is 0.328 e. The summed E-state index contributed by atoms with van der Waals surface area (Å²) < 4.78 is 18.2. The van der Waals surface area contributed by atoms with Gasteiger partial charge in [-0.2, -0.15) is 0 Å². The van der Waals surface area contributed by atoms with Crippen molar-refractivity contribution in [3.05, 3.63) is 122 Å². The Labute approximate surface area is 430 Å². The molecule has 4 bridgehead atoms. The Morgan fingerprint density at radius 1 is 0.849 bits per heavy atom. The van der Waals surface area contributed by atoms with Gasteiger partial charge in [0.2, 0.25) is 35.1 Å². The van der Waals surface area contributed by atoms with Gasteiger partial charge in [0, 0.05) is 37.5 Å². The molecule has 2 aliphatic rings. The molecule has 2 aliphatic heterocycles. The summed E-state index contributed by atoms with van der Waals surface area (Å²) in [6.45, 7) is 5.89. The largest absolute Gasteiger partial charge is 0.490 e. The van der Waals surface area contributed by atoms with Crippen molar-refractivity contribution in [3.8, 4) is 28.7 Å². The van der Waals surface area contributed by atoms with Gasteiger partial charge < -0.3 is 46.3 Å². The number of ether oxygens (including phenoxy) is 3. The Balaban J connectivity index is 0.0000116. The van der Waals surface area contributed by atoms with Gasteiger partial charge >= 0.3 is 11.7 Å². The highest BCUT2D eigenvalue weighted by atomic mass is 35.5. The molecule has 21 heteroatoms. The summed E-state index contributed by atoms with van der Waals surface area (Å²) in [7, 11) is 1.25. The Bertz CT molecular complexity index is 2530. The molecule has 0 saturated heterocycles. The molecule has 6 rings (SSSR count). The molecule has 394 valence electrons. The molecule has 4 amide bonds. The molecule has 0 radical (unpaired) electrons. The number of carbonyl (C=O) groups excluding carboxylic acids is 4. The molecule has 73 heavy (non-hydrogen) atoms. The summed E-state index contributed by atoms with van der Waals surface area (Å²) in [6, 6.07) is 12.5. The molecule has 4 aromatic carbocycles. The topological polar surface area (TPSA) is 294 Å². The van der Waals surface area contributed by atoms with Crippen LogP contribution >= 0.6 is 12.4 Å². The molecule has 20 nitrogen and oxygen atoms in total. The van der Waals surface area contributed by atoms with Gasteiger partial charge in [0.05, 0.1) is 29.0 Å². The highest BCUT2D eigenvalue weighted by Crippen LogP contribution is 2.46. The number of nitro groups is 2. The number of benzene rings is 4. The molecule has 0 aromatic heterocycles. The minimum Gasteiger partial charge on any atom is -0.490 e. The molecule has 2 heterocycles. The zero-order valence-electron chi connectivity index (χ0n) is 41.5. The Hall–Kier alpha value is -7.32. The van der Waals surface area contributed by atoms with Crippen molar-refractivity contribution in [1.29, 1.82) is 0 Å². The van der Waals surface area contributed by atoms with Crippen LogP contribution in [-0.2, 0) is 36.8 Å². The maximum atomic E-state index is 14.9. The number of nitrogens with two attached hydrogens (primary N) is 1. The molecular weight excluding hydrogens is 966 g/mol. The number of rotatable bonds is 24. The number of amides is 4. The minimum atomic E-state index is -1.90. The van der Waals surface area contributed by atoms with Gasteiger partial charge in [0.25, 0.3) is 5.69 Å². The predicted octanol–water partition coefficient (Wildman–Crippen LogP) is 8.31. The first-order chi connectivity index (χ1) is 34.5. The second-order valence-electron chi connectivity index (χ2n) is 18.3. The molecule has 0 fully saturated rings. The fourth-order valence-corrected chi connectivity index (χ4v) is 8.34. The van der Waals surface area contributed by atoms with E-state index in [1.807, 2.05) is 13.8 Å². The lowest BCUT2D eigenvalue weighted by Crippen LogP contribution is -2.58. The SMILES string of the molecule is CCCCCCCCCCCC(=O)N[C@@H](C(=O)O)[C@@H]1NC(=O)[C@@H](Cc2ccccc2)NC(=O)[C@@H](NC(=O)[C@H](N)CC(C)C)Cc2ccc(c([N+](=O)[O-])c2)Oc2cc1cc(Oc1ccc([N+](=O)[O-])cc1)c2OC.Cl. The summed E-state index contributed by atoms with van der Waals surface area (Å²) in [5.74, 6) is -5.56. The van der Waals surface area contributed by atoms with Crippen LogP contribution in [0.3, 0.4) is 0 Å². The first-order valence-corrected chi connectivity index (χ1v) is 24.3. The van der Waals surface area contributed by atoms with E-state index in [0.29, 0.717) is 12.0 Å². The summed E-state index contributed by atoms with van der Waals surface area (Å²) >= 11 is 0. The number of unbranched alkanes of at least 4 members (excludes halogenated alkanes) is 8. The summed E-state index contributed by atoms with van der Waals surface area (Å²) in [5, 5.41) is 46.0. The zero-order valence-corrected chi connectivity index (χ0v) is 42.3. The first kappa shape index (κ1) is 58.3. The third-order valence-corrected chi connectivity index (χ3v) is 12.1. The van der Waals surface area contributed by atoms with Crippen molar-refractivity contribution < 1.29 is 53.1 Å². The number of nitrogens with one attached hydrogen (secondary N) is 4. The highest BCUT2D eigenvalue weighted by molar-refractivity contribution is 5.94. The standard InChI is InChI=1S/C52H65N7O13.ClH/c1-5-6-7-8-9-10-11-12-16-19-45(60)56-47(52(64)65)46-35-30-43(71-37-23-21-36(22-24-37)58(66)67)48(70-4)44(31-35)72-42-25-20-34(29-41(42)59(68)69)28-40(54-49(61)38(53)26-32(2)3)50(62)55-39(51(63)57-46)27-33-17-14-13-15-18-33;/h13-15,17-18,20-25,29-32,38-40,46-47H,5-12,16,19,26-28,53H2,1-4H3,(H,54,61)(H,55,62)(H,56,60)(H,57,63)(H,64,65);1H/t38-,39-,40+,46-,47-;/m1./s1. The van der Waals surface area contributed by atoms with Gasteiger partial charge in [-0.15, -0.1) is 12.4 Å². The summed E-state index contributed by atoms with van der Waals surface area (Å²) in [5.41, 5.74) is 6.12. The summed E-state index contributed by atoms with van der Waals surface area (Å²) in [6.07, 6.45) is 8.52. The van der Waals surface area contributed by atoms with Crippen LogP contribution in [0.4, 0.5) is 11.4 Å². The quantitative estimate of drug-likeness (QED) is 0.0219. The number of nitrogens with zero attached hydrogens (tertiary/aromatic N) is 2. The second-order valence-corrected chi connectivity index (χ2v) is 18.3. The third-order valence-electron chi connectivity index (χ3n) is 12.1. The number of halogens is 1. The van der Waals surface area contributed by atoms with Crippen molar-refractivity contribution in [3.63, 3.8) is 0 Å². The molecule has 0 spiro atoms. The molecule has 0 unspecified atom stereocenters. The normalized spacial score (nSPS) is 16.4. The van der Waals surface area contributed by atoms with E-state index >= 15 is 0 Å². The van der Waals surface area contributed by atoms with Crippen LogP contribution in [0.2, 0.25) is 0 Å². The zero-order chi connectivity index (χ0) is 52.3. The summed E-state index contributed by atoms with van der Waals surface area (Å²) in [4.78, 5) is 93.1. The molecule has 5 atom stereocenters. The van der Waals surface area contributed by atoms with Crippen molar-refractivity contribution in [2.75, 3.05) is 7.11 Å². The second kappa shape index (κ2) is 28.7. The lowest BCUT2D eigenvalue weighted by Gasteiger charge is -2.30. The van der Waals surface area contributed by atoms with Gasteiger partial charge in [-0.3, -0.25) is 39.4 Å².